The second-order valence-electron chi connectivity index (χ2n) is 6.04. The molecule has 2 aliphatic rings. The van der Waals surface area contributed by atoms with E-state index in [1.54, 1.807) is 0 Å². The summed E-state index contributed by atoms with van der Waals surface area (Å²) in [4.78, 5) is 6.72. The van der Waals surface area contributed by atoms with E-state index in [-0.39, 0.29) is 11.1 Å². The van der Waals surface area contributed by atoms with Crippen LogP contribution in [0.15, 0.2) is 33.5 Å². The van der Waals surface area contributed by atoms with Crippen molar-refractivity contribution >= 4 is 52.5 Å². The molecule has 1 unspecified atom stereocenters. The molecule has 11 heteroatoms. The van der Waals surface area contributed by atoms with Crippen LogP contribution < -0.4 is 5.32 Å². The number of thioether (sulfide) groups is 1. The number of nitrogens with zero attached hydrogens (tertiary/aromatic N) is 4. The highest BCUT2D eigenvalue weighted by atomic mass is 35.5. The second kappa shape index (κ2) is 8.96. The van der Waals surface area contributed by atoms with Crippen LogP contribution in [0.2, 0.25) is 10.0 Å². The van der Waals surface area contributed by atoms with Gasteiger partial charge in [-0.1, -0.05) is 46.3 Å². The number of benzene rings is 1. The third-order valence-corrected chi connectivity index (χ3v) is 7.18. The summed E-state index contributed by atoms with van der Waals surface area (Å²) in [5.74, 6) is 0.830. The molecule has 0 spiro atoms. The van der Waals surface area contributed by atoms with E-state index in [2.05, 4.69) is 25.4 Å². The fourth-order valence-corrected chi connectivity index (χ4v) is 5.33. The molecule has 0 saturated carbocycles. The molecule has 0 aliphatic carbocycles. The van der Waals surface area contributed by atoms with Crippen molar-refractivity contribution in [3.8, 4) is 0 Å². The summed E-state index contributed by atoms with van der Waals surface area (Å²) < 4.78 is 19.8. The van der Waals surface area contributed by atoms with Gasteiger partial charge in [0, 0.05) is 41.8 Å². The standard InChI is InChI=1S/C17H16Cl2FN5OS2/c18-11-1-2-12(20)15(19)10(11)9-27-17-24-23-16(28-17)13-7-22-14(8-21-13)25-3-5-26-6-4-25/h1-2,7-8,13,21H,3-6,9H2. The maximum atomic E-state index is 13.6. The Labute approximate surface area is 179 Å². The lowest BCUT2D eigenvalue weighted by atomic mass is 10.2. The van der Waals surface area contributed by atoms with Crippen molar-refractivity contribution in [1.82, 2.24) is 20.4 Å². The number of hydrogen-bond acceptors (Lipinski definition) is 8. The maximum Gasteiger partial charge on any atom is 0.174 e. The predicted molar refractivity (Wildman–Crippen MR) is 111 cm³/mol. The molecule has 6 nitrogen and oxygen atoms in total. The summed E-state index contributed by atoms with van der Waals surface area (Å²) >= 11 is 15.0. The second-order valence-corrected chi connectivity index (χ2v) is 9.06. The van der Waals surface area contributed by atoms with Crippen molar-refractivity contribution in [2.45, 2.75) is 16.1 Å². The summed E-state index contributed by atoms with van der Waals surface area (Å²) in [6.45, 7) is 3.10. The number of rotatable bonds is 5. The number of hydrogen-bond donors (Lipinski definition) is 1. The van der Waals surface area contributed by atoms with Crippen LogP contribution in [0.5, 0.6) is 0 Å². The van der Waals surface area contributed by atoms with Gasteiger partial charge in [0.1, 0.15) is 22.7 Å². The Balaban J connectivity index is 1.37. The molecule has 1 N–H and O–H groups in total. The van der Waals surface area contributed by atoms with Crippen LogP contribution in [0.4, 0.5) is 4.39 Å². The number of morpholine rings is 1. The Kier molecular flexibility index (Phi) is 6.37. The first kappa shape index (κ1) is 19.9. The van der Waals surface area contributed by atoms with Gasteiger partial charge in [0.15, 0.2) is 4.34 Å². The minimum absolute atomic E-state index is 0.0478. The molecular weight excluding hydrogens is 444 g/mol. The van der Waals surface area contributed by atoms with Gasteiger partial charge in [0.2, 0.25) is 0 Å². The van der Waals surface area contributed by atoms with E-state index >= 15 is 0 Å². The first-order chi connectivity index (χ1) is 13.6. The zero-order valence-corrected chi connectivity index (χ0v) is 17.7. The number of halogens is 3. The van der Waals surface area contributed by atoms with Crippen molar-refractivity contribution in [2.24, 2.45) is 4.99 Å². The summed E-state index contributed by atoms with van der Waals surface area (Å²) in [5.41, 5.74) is 0.556. The zero-order chi connectivity index (χ0) is 19.5. The van der Waals surface area contributed by atoms with E-state index in [1.807, 2.05) is 12.4 Å². The smallest absolute Gasteiger partial charge is 0.174 e. The van der Waals surface area contributed by atoms with Gasteiger partial charge in [-0.05, 0) is 12.1 Å². The lowest BCUT2D eigenvalue weighted by Gasteiger charge is -2.30. The summed E-state index contributed by atoms with van der Waals surface area (Å²) in [5, 5.41) is 13.0. The highest BCUT2D eigenvalue weighted by molar-refractivity contribution is 8.00. The van der Waals surface area contributed by atoms with Crippen molar-refractivity contribution in [1.29, 1.82) is 0 Å². The Morgan fingerprint density at radius 2 is 2.11 bits per heavy atom. The van der Waals surface area contributed by atoms with E-state index in [4.69, 9.17) is 27.9 Å². The van der Waals surface area contributed by atoms with E-state index < -0.39 is 5.82 Å². The quantitative estimate of drug-likeness (QED) is 0.535. The number of nitrogens with one attached hydrogen (secondary N) is 1. The number of ether oxygens (including phenoxy) is 1. The molecule has 2 aromatic rings. The molecular formula is C17H16Cl2FN5OS2. The van der Waals surface area contributed by atoms with Gasteiger partial charge < -0.3 is 15.0 Å². The van der Waals surface area contributed by atoms with Crippen molar-refractivity contribution < 1.29 is 9.13 Å². The SMILES string of the molecule is Fc1ccc(Cl)c(CSc2nnc(C3C=NC(N4CCOCC4)=CN3)s2)c1Cl. The first-order valence-corrected chi connectivity index (χ1v) is 11.1. The molecule has 28 heavy (non-hydrogen) atoms. The molecule has 0 bridgehead atoms. The van der Waals surface area contributed by atoms with Crippen molar-refractivity contribution in [2.75, 3.05) is 26.3 Å². The highest BCUT2D eigenvalue weighted by Crippen LogP contribution is 2.35. The average Bonchev–Trinajstić information content (AvgIpc) is 3.21. The van der Waals surface area contributed by atoms with Crippen molar-refractivity contribution in [3.05, 3.63) is 50.6 Å². The van der Waals surface area contributed by atoms with Crippen LogP contribution in [0.1, 0.15) is 16.6 Å². The molecule has 1 aromatic carbocycles. The fourth-order valence-electron chi connectivity index (χ4n) is 2.74. The summed E-state index contributed by atoms with van der Waals surface area (Å²) in [6, 6.07) is 2.64. The Morgan fingerprint density at radius 1 is 1.29 bits per heavy atom. The largest absolute Gasteiger partial charge is 0.378 e. The van der Waals surface area contributed by atoms with E-state index in [0.29, 0.717) is 29.6 Å². The minimum atomic E-state index is -0.481. The molecule has 1 saturated heterocycles. The summed E-state index contributed by atoms with van der Waals surface area (Å²) in [7, 11) is 0. The monoisotopic (exact) mass is 459 g/mol. The van der Waals surface area contributed by atoms with Gasteiger partial charge in [0.25, 0.3) is 0 Å². The average molecular weight is 460 g/mol. The molecule has 0 radical (unpaired) electrons. The molecule has 3 heterocycles. The van der Waals surface area contributed by atoms with Gasteiger partial charge in [0.05, 0.1) is 18.2 Å². The number of aliphatic imine (C=N–C) groups is 1. The van der Waals surface area contributed by atoms with Crippen LogP contribution in [-0.4, -0.2) is 47.6 Å². The van der Waals surface area contributed by atoms with E-state index in [9.17, 15) is 4.39 Å². The molecule has 4 rings (SSSR count). The molecule has 1 fully saturated rings. The maximum absolute atomic E-state index is 13.6. The van der Waals surface area contributed by atoms with Gasteiger partial charge in [-0.25, -0.2) is 9.38 Å². The normalized spacial score (nSPS) is 19.5. The Bertz CT molecular complexity index is 917. The molecule has 2 aliphatic heterocycles. The fraction of sp³-hybridized carbons (Fsp3) is 0.353. The van der Waals surface area contributed by atoms with Crippen LogP contribution in [0.25, 0.3) is 0 Å². The third-order valence-electron chi connectivity index (χ3n) is 4.25. The van der Waals surface area contributed by atoms with Gasteiger partial charge in [-0.15, -0.1) is 10.2 Å². The van der Waals surface area contributed by atoms with Crippen molar-refractivity contribution in [3.63, 3.8) is 0 Å². The highest BCUT2D eigenvalue weighted by Gasteiger charge is 2.21. The van der Waals surface area contributed by atoms with Crippen LogP contribution in [0, 0.1) is 5.82 Å². The first-order valence-electron chi connectivity index (χ1n) is 8.53. The molecule has 0 amide bonds. The Hall–Kier alpha value is -1.39. The predicted octanol–water partition coefficient (Wildman–Crippen LogP) is 4.12. The Morgan fingerprint density at radius 3 is 2.86 bits per heavy atom. The molecule has 1 atom stereocenters. The van der Waals surface area contributed by atoms with Gasteiger partial charge in [-0.3, -0.25) is 0 Å². The van der Waals surface area contributed by atoms with E-state index in [0.717, 1.165) is 28.3 Å². The van der Waals surface area contributed by atoms with E-state index in [1.165, 1.54) is 35.2 Å². The van der Waals surface area contributed by atoms with Gasteiger partial charge in [-0.2, -0.15) is 0 Å². The zero-order valence-electron chi connectivity index (χ0n) is 14.6. The topological polar surface area (TPSA) is 62.6 Å². The summed E-state index contributed by atoms with van der Waals surface area (Å²) in [6.07, 6.45) is 3.73. The van der Waals surface area contributed by atoms with Crippen LogP contribution in [0.3, 0.4) is 0 Å². The molecule has 1 aromatic heterocycles. The van der Waals surface area contributed by atoms with Crippen LogP contribution >= 0.6 is 46.3 Å². The lowest BCUT2D eigenvalue weighted by Crippen LogP contribution is -2.37. The number of aromatic nitrogens is 2. The molecule has 148 valence electrons. The minimum Gasteiger partial charge on any atom is -0.378 e. The third kappa shape index (κ3) is 4.44. The van der Waals surface area contributed by atoms with Gasteiger partial charge >= 0.3 is 0 Å². The van der Waals surface area contributed by atoms with Crippen LogP contribution in [-0.2, 0) is 10.5 Å². The lowest BCUT2D eigenvalue weighted by molar-refractivity contribution is 0.0527.